The normalized spacial score (nSPS) is 18.9. The molecule has 4 nitrogen and oxygen atoms in total. The van der Waals surface area contributed by atoms with Crippen LogP contribution in [0.25, 0.3) is 0 Å². The Hall–Kier alpha value is -1.55. The van der Waals surface area contributed by atoms with Crippen molar-refractivity contribution >= 4 is 5.97 Å². The van der Waals surface area contributed by atoms with Crippen LogP contribution in [0.1, 0.15) is 27.5 Å². The van der Waals surface area contributed by atoms with Crippen LogP contribution in [0.15, 0.2) is 12.1 Å². The molecule has 0 saturated carbocycles. The van der Waals surface area contributed by atoms with Crippen molar-refractivity contribution in [3.63, 3.8) is 0 Å². The van der Waals surface area contributed by atoms with Crippen LogP contribution in [0.4, 0.5) is 0 Å². The lowest BCUT2D eigenvalue weighted by molar-refractivity contribution is 0.0693. The number of aromatic carboxylic acids is 1. The minimum atomic E-state index is -0.977. The van der Waals surface area contributed by atoms with Gasteiger partial charge < -0.3 is 15.6 Å². The Morgan fingerprint density at radius 3 is 3.00 bits per heavy atom. The number of nitrogens with two attached hydrogens (primary N) is 1. The van der Waals surface area contributed by atoms with Gasteiger partial charge in [-0.2, -0.15) is 0 Å². The Morgan fingerprint density at radius 2 is 2.36 bits per heavy atom. The zero-order chi connectivity index (χ0) is 10.3. The van der Waals surface area contributed by atoms with E-state index in [1.807, 2.05) is 6.92 Å². The van der Waals surface area contributed by atoms with Crippen molar-refractivity contribution in [2.45, 2.75) is 13.0 Å². The van der Waals surface area contributed by atoms with Crippen LogP contribution in [-0.2, 0) is 0 Å². The van der Waals surface area contributed by atoms with Crippen molar-refractivity contribution in [2.24, 2.45) is 5.73 Å². The lowest BCUT2D eigenvalue weighted by Crippen LogP contribution is -2.11. The van der Waals surface area contributed by atoms with Gasteiger partial charge in [-0.25, -0.2) is 4.79 Å². The predicted molar refractivity (Wildman–Crippen MR) is 50.6 cm³/mol. The van der Waals surface area contributed by atoms with Crippen LogP contribution in [0.2, 0.25) is 0 Å². The monoisotopic (exact) mass is 193 g/mol. The van der Waals surface area contributed by atoms with Crippen molar-refractivity contribution in [1.29, 1.82) is 0 Å². The second kappa shape index (κ2) is 2.99. The highest BCUT2D eigenvalue weighted by molar-refractivity contribution is 5.92. The maximum Gasteiger partial charge on any atom is 0.339 e. The number of carbonyl (C=O) groups is 1. The zero-order valence-corrected chi connectivity index (χ0v) is 7.78. The predicted octanol–water partition coefficient (Wildman–Crippen LogP) is 1.09. The first kappa shape index (κ1) is 9.02. The summed E-state index contributed by atoms with van der Waals surface area (Å²) in [6.45, 7) is 2.26. The van der Waals surface area contributed by atoms with E-state index in [9.17, 15) is 4.79 Å². The summed E-state index contributed by atoms with van der Waals surface area (Å²) in [5.41, 5.74) is 7.80. The van der Waals surface area contributed by atoms with E-state index in [1.54, 1.807) is 12.1 Å². The molecule has 2 rings (SSSR count). The fourth-order valence-electron chi connectivity index (χ4n) is 1.74. The average molecular weight is 193 g/mol. The Labute approximate surface area is 81.3 Å². The summed E-state index contributed by atoms with van der Waals surface area (Å²) >= 11 is 0. The van der Waals surface area contributed by atoms with Crippen LogP contribution in [0.5, 0.6) is 5.75 Å². The maximum absolute atomic E-state index is 10.9. The van der Waals surface area contributed by atoms with Crippen LogP contribution < -0.4 is 10.5 Å². The van der Waals surface area contributed by atoms with Gasteiger partial charge in [-0.15, -0.1) is 0 Å². The first-order chi connectivity index (χ1) is 6.61. The third kappa shape index (κ3) is 1.15. The van der Waals surface area contributed by atoms with Gasteiger partial charge in [0.1, 0.15) is 17.9 Å². The Kier molecular flexibility index (Phi) is 1.93. The number of hydrogen-bond acceptors (Lipinski definition) is 3. The van der Waals surface area contributed by atoms with Crippen molar-refractivity contribution in [1.82, 2.24) is 0 Å². The van der Waals surface area contributed by atoms with Crippen molar-refractivity contribution in [3.8, 4) is 5.75 Å². The molecule has 74 valence electrons. The van der Waals surface area contributed by atoms with Gasteiger partial charge in [-0.05, 0) is 18.6 Å². The molecule has 0 amide bonds. The zero-order valence-electron chi connectivity index (χ0n) is 7.78. The van der Waals surface area contributed by atoms with Gasteiger partial charge in [-0.1, -0.05) is 6.07 Å². The summed E-state index contributed by atoms with van der Waals surface area (Å²) in [5.74, 6) is -0.541. The number of fused-ring (bicyclic) bond motifs is 1. The first-order valence-corrected chi connectivity index (χ1v) is 4.36. The molecule has 0 aromatic heterocycles. The smallest absolute Gasteiger partial charge is 0.339 e. The molecular formula is C10H11NO3. The van der Waals surface area contributed by atoms with Crippen molar-refractivity contribution in [2.75, 3.05) is 6.61 Å². The molecule has 0 spiro atoms. The summed E-state index contributed by atoms with van der Waals surface area (Å²) in [5, 5.41) is 8.91. The highest BCUT2D eigenvalue weighted by Gasteiger charge is 2.27. The van der Waals surface area contributed by atoms with Gasteiger partial charge in [0.25, 0.3) is 0 Å². The van der Waals surface area contributed by atoms with E-state index < -0.39 is 5.97 Å². The van der Waals surface area contributed by atoms with Crippen LogP contribution >= 0.6 is 0 Å². The Morgan fingerprint density at radius 1 is 1.64 bits per heavy atom. The number of benzene rings is 1. The molecule has 4 heteroatoms. The fraction of sp³-hybridized carbons (Fsp3) is 0.300. The Bertz CT molecular complexity index is 401. The number of ether oxygens (including phenoxy) is 1. The highest BCUT2D eigenvalue weighted by Crippen LogP contribution is 2.36. The maximum atomic E-state index is 10.9. The van der Waals surface area contributed by atoms with Crippen LogP contribution in [0.3, 0.4) is 0 Å². The third-order valence-electron chi connectivity index (χ3n) is 2.42. The minimum absolute atomic E-state index is 0.193. The first-order valence-electron chi connectivity index (χ1n) is 4.36. The third-order valence-corrected chi connectivity index (χ3v) is 2.42. The molecule has 1 aliphatic heterocycles. The van der Waals surface area contributed by atoms with Gasteiger partial charge in [0.2, 0.25) is 0 Å². The molecule has 0 aliphatic carbocycles. The topological polar surface area (TPSA) is 72.5 Å². The number of carboxylic acids is 1. The second-order valence-electron chi connectivity index (χ2n) is 3.40. The largest absolute Gasteiger partial charge is 0.490 e. The van der Waals surface area contributed by atoms with E-state index in [1.165, 1.54) is 0 Å². The summed E-state index contributed by atoms with van der Waals surface area (Å²) in [6, 6.07) is 3.11. The summed E-state index contributed by atoms with van der Waals surface area (Å²) in [4.78, 5) is 10.9. The molecule has 0 saturated heterocycles. The summed E-state index contributed by atoms with van der Waals surface area (Å²) < 4.78 is 5.28. The van der Waals surface area contributed by atoms with Gasteiger partial charge in [0, 0.05) is 5.56 Å². The average Bonchev–Trinajstić information content (AvgIpc) is 2.49. The van der Waals surface area contributed by atoms with Crippen LogP contribution in [-0.4, -0.2) is 17.7 Å². The number of aryl methyl sites for hydroxylation is 1. The lowest BCUT2D eigenvalue weighted by Gasteiger charge is -2.07. The minimum Gasteiger partial charge on any atom is -0.490 e. The fourth-order valence-corrected chi connectivity index (χ4v) is 1.74. The van der Waals surface area contributed by atoms with E-state index in [2.05, 4.69) is 0 Å². The van der Waals surface area contributed by atoms with E-state index in [-0.39, 0.29) is 11.6 Å². The van der Waals surface area contributed by atoms with E-state index in [4.69, 9.17) is 15.6 Å². The van der Waals surface area contributed by atoms with Gasteiger partial charge in [0.15, 0.2) is 0 Å². The molecule has 0 fully saturated rings. The quantitative estimate of drug-likeness (QED) is 0.700. The molecule has 1 aliphatic rings. The molecule has 1 aromatic rings. The molecule has 0 unspecified atom stereocenters. The molecule has 0 bridgehead atoms. The highest BCUT2D eigenvalue weighted by atomic mass is 16.5. The molecule has 14 heavy (non-hydrogen) atoms. The molecular weight excluding hydrogens is 182 g/mol. The molecule has 1 aromatic carbocycles. The van der Waals surface area contributed by atoms with Crippen LogP contribution in [0, 0.1) is 6.92 Å². The van der Waals surface area contributed by atoms with E-state index in [0.717, 1.165) is 11.1 Å². The van der Waals surface area contributed by atoms with E-state index >= 15 is 0 Å². The van der Waals surface area contributed by atoms with Gasteiger partial charge in [0.05, 0.1) is 6.04 Å². The molecule has 0 radical (unpaired) electrons. The van der Waals surface area contributed by atoms with Gasteiger partial charge in [-0.3, -0.25) is 0 Å². The summed E-state index contributed by atoms with van der Waals surface area (Å²) in [6.07, 6.45) is 0. The van der Waals surface area contributed by atoms with Crippen molar-refractivity contribution < 1.29 is 14.6 Å². The SMILES string of the molecule is Cc1ccc(C(=O)O)c2c1[C@H](N)CO2. The van der Waals surface area contributed by atoms with Crippen molar-refractivity contribution in [3.05, 3.63) is 28.8 Å². The molecule has 3 N–H and O–H groups in total. The number of carboxylic acid groups (broad SMARTS) is 1. The summed E-state index contributed by atoms with van der Waals surface area (Å²) in [7, 11) is 0. The molecule has 1 heterocycles. The van der Waals surface area contributed by atoms with Gasteiger partial charge >= 0.3 is 5.97 Å². The molecule has 1 atom stereocenters. The Balaban J connectivity index is 2.64. The van der Waals surface area contributed by atoms with E-state index in [0.29, 0.717) is 12.4 Å². The lowest BCUT2D eigenvalue weighted by atomic mass is 10.00. The number of rotatable bonds is 1. The standard InChI is InChI=1S/C10H11NO3/c1-5-2-3-6(10(12)13)9-8(5)7(11)4-14-9/h2-3,7H,4,11H2,1H3,(H,12,13)/t7-/m1/s1. The second-order valence-corrected chi connectivity index (χ2v) is 3.40. The number of hydrogen-bond donors (Lipinski definition) is 2.